The molecule has 2 aliphatic heterocycles. The monoisotopic (exact) mass is 894 g/mol. The molecule has 1 saturated heterocycles. The maximum Gasteiger partial charge on any atom is 0.412 e. The molecule has 2 heterocycles. The first-order valence-corrected chi connectivity index (χ1v) is 20.4. The highest BCUT2D eigenvalue weighted by Crippen LogP contribution is 2.38. The van der Waals surface area contributed by atoms with Gasteiger partial charge >= 0.3 is 24.4 Å². The van der Waals surface area contributed by atoms with E-state index in [1.165, 1.54) is 45.2 Å². The smallest absolute Gasteiger partial charge is 0.412 e. The lowest BCUT2D eigenvalue weighted by molar-refractivity contribution is -0.384. The van der Waals surface area contributed by atoms with Crippen molar-refractivity contribution in [3.63, 3.8) is 0 Å². The van der Waals surface area contributed by atoms with E-state index >= 15 is 0 Å². The van der Waals surface area contributed by atoms with Crippen molar-refractivity contribution in [3.8, 4) is 0 Å². The molecule has 4 amide bonds. The van der Waals surface area contributed by atoms with Crippen LogP contribution in [-0.4, -0.2) is 141 Å². The zero-order valence-corrected chi connectivity index (χ0v) is 37.0. The second-order valence-electron chi connectivity index (χ2n) is 18.1. The van der Waals surface area contributed by atoms with Gasteiger partial charge in [-0.2, -0.15) is 0 Å². The molecule has 1 aromatic rings. The summed E-state index contributed by atoms with van der Waals surface area (Å²) in [4.78, 5) is 63.7. The van der Waals surface area contributed by atoms with Crippen LogP contribution in [0.25, 0.3) is 0 Å². The van der Waals surface area contributed by atoms with Crippen LogP contribution < -0.4 is 21.7 Å². The molecule has 352 valence electrons. The molecule has 22 heteroatoms. The summed E-state index contributed by atoms with van der Waals surface area (Å²) in [5, 5.41) is 54.5. The minimum atomic E-state index is -1.82. The van der Waals surface area contributed by atoms with Gasteiger partial charge in [0.05, 0.1) is 42.0 Å². The van der Waals surface area contributed by atoms with Crippen LogP contribution in [0.15, 0.2) is 48.4 Å². The van der Waals surface area contributed by atoms with Crippen molar-refractivity contribution in [2.45, 2.75) is 147 Å². The van der Waals surface area contributed by atoms with Crippen LogP contribution in [0.4, 0.5) is 24.9 Å². The first kappa shape index (κ1) is 50.4. The molecule has 22 nitrogen and oxygen atoms in total. The number of nitro benzene ring substituents is 1. The number of nitrogens with zero attached hydrogens (tertiary/aromatic N) is 2. The summed E-state index contributed by atoms with van der Waals surface area (Å²) in [5.41, 5.74) is 3.35. The van der Waals surface area contributed by atoms with Gasteiger partial charge in [0.1, 0.15) is 47.5 Å². The number of hydrogen-bond donors (Lipinski definition) is 7. The second kappa shape index (κ2) is 20.5. The number of benzene rings is 1. The Morgan fingerprint density at radius 3 is 2.21 bits per heavy atom. The summed E-state index contributed by atoms with van der Waals surface area (Å²) in [7, 11) is 1.33. The lowest BCUT2D eigenvalue weighted by Gasteiger charge is -2.51. The Morgan fingerprint density at radius 1 is 1.00 bits per heavy atom. The van der Waals surface area contributed by atoms with Gasteiger partial charge in [-0.05, 0) is 92.0 Å². The molecule has 0 spiro atoms. The van der Waals surface area contributed by atoms with E-state index in [4.69, 9.17) is 38.9 Å². The van der Waals surface area contributed by atoms with E-state index in [2.05, 4.69) is 22.5 Å². The quantitative estimate of drug-likeness (QED) is 0.0687. The minimum Gasteiger partial charge on any atom is -0.491 e. The Labute approximate surface area is 365 Å². The first-order valence-electron chi connectivity index (χ1n) is 20.4. The van der Waals surface area contributed by atoms with E-state index in [1.54, 1.807) is 47.6 Å². The molecule has 1 aliphatic carbocycles. The Bertz CT molecular complexity index is 1850. The van der Waals surface area contributed by atoms with Gasteiger partial charge in [-0.3, -0.25) is 10.1 Å². The van der Waals surface area contributed by atoms with Crippen LogP contribution >= 0.6 is 0 Å². The predicted octanol–water partition coefficient (Wildman–Crippen LogP) is 2.81. The van der Waals surface area contributed by atoms with Gasteiger partial charge in [0.25, 0.3) is 5.69 Å². The second-order valence-corrected chi connectivity index (χ2v) is 18.1. The standard InChI is InChI=1S/C41H62N6O16/c1-21(2)59-36(51)45-27-17-26(44-37(52)62-39(3,4)5)28(29(48)32(27)61-34-30(49)33(41(9,54)20-58-34)46(10)38(53)63-40(6,7)8)31-25(42)16-15-24(60-31)18-43-35(50)57-19-22-11-13-23(14-12-22)47(55)56/h11-15,25-34,48-49,54H,1,16-20,42H2,2-10H3,(H,43,50)(H,44,52)(H,45,51)/t25-,26+,27-,28?,29+,30-,31+,32+,33-,34-,41+/m1/s1. The fourth-order valence-corrected chi connectivity index (χ4v) is 7.54. The van der Waals surface area contributed by atoms with Crippen LogP contribution in [0.1, 0.15) is 73.8 Å². The van der Waals surface area contributed by atoms with Crippen molar-refractivity contribution in [2.75, 3.05) is 20.2 Å². The first-order chi connectivity index (χ1) is 29.2. The number of nitrogens with one attached hydrogen (secondary N) is 3. The molecule has 2 fully saturated rings. The van der Waals surface area contributed by atoms with Gasteiger partial charge < -0.3 is 75.1 Å². The number of non-ortho nitro benzene ring substituents is 1. The average molecular weight is 895 g/mol. The van der Waals surface area contributed by atoms with Crippen LogP contribution in [-0.2, 0) is 39.8 Å². The van der Waals surface area contributed by atoms with Gasteiger partial charge in [-0.1, -0.05) is 6.58 Å². The van der Waals surface area contributed by atoms with E-state index in [-0.39, 0.29) is 43.2 Å². The van der Waals surface area contributed by atoms with Crippen LogP contribution in [0.5, 0.6) is 0 Å². The summed E-state index contributed by atoms with van der Waals surface area (Å²) in [6.45, 7) is 15.5. The number of hydrogen-bond acceptors (Lipinski definition) is 17. The summed E-state index contributed by atoms with van der Waals surface area (Å²) < 4.78 is 39.9. The number of carbonyl (C=O) groups is 4. The van der Waals surface area contributed by atoms with Gasteiger partial charge in [0, 0.05) is 37.2 Å². The number of likely N-dealkylation sites (N-methyl/N-ethyl adjacent to an activating group) is 1. The maximum atomic E-state index is 13.4. The van der Waals surface area contributed by atoms with Gasteiger partial charge in [0.15, 0.2) is 6.29 Å². The number of rotatable bonds is 12. The molecule has 1 aromatic carbocycles. The fraction of sp³-hybridized carbons (Fsp3) is 0.659. The highest BCUT2D eigenvalue weighted by molar-refractivity contribution is 5.70. The zero-order chi connectivity index (χ0) is 47.2. The topological polar surface area (TPSA) is 302 Å². The Hall–Kier alpha value is -5.26. The normalized spacial score (nSPS) is 29.7. The van der Waals surface area contributed by atoms with E-state index in [9.17, 15) is 44.6 Å². The van der Waals surface area contributed by atoms with E-state index in [0.29, 0.717) is 5.56 Å². The number of nitrogens with two attached hydrogens (primary N) is 1. The van der Waals surface area contributed by atoms with Crippen LogP contribution in [0.3, 0.4) is 0 Å². The summed E-state index contributed by atoms with van der Waals surface area (Å²) in [5.74, 6) is -0.885. The largest absolute Gasteiger partial charge is 0.491 e. The Morgan fingerprint density at radius 2 is 1.62 bits per heavy atom. The number of allylic oxidation sites excluding steroid dienone is 1. The molecule has 63 heavy (non-hydrogen) atoms. The van der Waals surface area contributed by atoms with Crippen molar-refractivity contribution in [3.05, 3.63) is 64.1 Å². The van der Waals surface area contributed by atoms with E-state index < -0.39 is 113 Å². The highest BCUT2D eigenvalue weighted by atomic mass is 16.7. The Balaban J connectivity index is 1.63. The SMILES string of the molecule is C=C(C)OC(=O)N[C@@H]1C[C@H](NC(=O)OC(C)(C)C)C([C@H]2OC(CNC(=O)OCc3ccc([N+](=O)[O-])cc3)=CC[C@H]2N)[C@H](O)[C@H]1O[C@H]1OC[C@](C)(O)[C@H](N(C)C(=O)OC(C)(C)C)[C@H]1O. The number of amides is 4. The summed E-state index contributed by atoms with van der Waals surface area (Å²) in [6, 6.07) is 1.05. The highest BCUT2D eigenvalue weighted by Gasteiger charge is 2.56. The number of aliphatic hydroxyl groups is 3. The molecular weight excluding hydrogens is 832 g/mol. The summed E-state index contributed by atoms with van der Waals surface area (Å²) >= 11 is 0. The fourth-order valence-electron chi connectivity index (χ4n) is 7.54. The van der Waals surface area contributed by atoms with Crippen molar-refractivity contribution in [1.29, 1.82) is 0 Å². The van der Waals surface area contributed by atoms with Gasteiger partial charge in [-0.25, -0.2) is 19.2 Å². The molecule has 3 aliphatic rings. The van der Waals surface area contributed by atoms with Crippen molar-refractivity contribution >= 4 is 30.1 Å². The van der Waals surface area contributed by atoms with E-state index in [1.807, 2.05) is 0 Å². The maximum absolute atomic E-state index is 13.4. The number of ether oxygens (including phenoxy) is 7. The molecule has 1 saturated carbocycles. The summed E-state index contributed by atoms with van der Waals surface area (Å²) in [6.07, 6.45) is -9.56. The lowest BCUT2D eigenvalue weighted by atomic mass is 9.72. The third-order valence-electron chi connectivity index (χ3n) is 10.2. The van der Waals surface area contributed by atoms with Gasteiger partial charge in [0.2, 0.25) is 0 Å². The third-order valence-corrected chi connectivity index (χ3v) is 10.2. The molecule has 0 radical (unpaired) electrons. The predicted molar refractivity (Wildman–Crippen MR) is 221 cm³/mol. The molecule has 11 atom stereocenters. The molecule has 4 rings (SSSR count). The molecule has 8 N–H and O–H groups in total. The van der Waals surface area contributed by atoms with Crippen LogP contribution in [0, 0.1) is 16.0 Å². The minimum absolute atomic E-state index is 0.0358. The van der Waals surface area contributed by atoms with E-state index in [0.717, 1.165) is 4.90 Å². The number of aliphatic hydroxyl groups excluding tert-OH is 2. The number of nitro groups is 1. The van der Waals surface area contributed by atoms with Crippen molar-refractivity contribution < 1.29 is 72.6 Å². The number of carbonyl (C=O) groups excluding carboxylic acids is 4. The van der Waals surface area contributed by atoms with Crippen LogP contribution in [0.2, 0.25) is 0 Å². The molecule has 1 unspecified atom stereocenters. The average Bonchev–Trinajstić information content (AvgIpc) is 3.14. The molecule has 0 bridgehead atoms. The lowest BCUT2D eigenvalue weighted by Crippen LogP contribution is -2.70. The molecular formula is C41H62N6O16. The zero-order valence-electron chi connectivity index (χ0n) is 37.0. The molecule has 0 aromatic heterocycles. The van der Waals surface area contributed by atoms with Crippen molar-refractivity contribution in [2.24, 2.45) is 11.7 Å². The van der Waals surface area contributed by atoms with Gasteiger partial charge in [-0.15, -0.1) is 0 Å². The number of alkyl carbamates (subject to hydrolysis) is 3. The Kier molecular flexibility index (Phi) is 16.4. The van der Waals surface area contributed by atoms with Crippen molar-refractivity contribution in [1.82, 2.24) is 20.9 Å². The third kappa shape index (κ3) is 14.1.